The summed E-state index contributed by atoms with van der Waals surface area (Å²) in [5.74, 6) is -0.0898. The van der Waals surface area contributed by atoms with Gasteiger partial charge in [0, 0.05) is 22.7 Å². The lowest BCUT2D eigenvalue weighted by Gasteiger charge is -2.05. The molecule has 0 fully saturated rings. The van der Waals surface area contributed by atoms with E-state index in [1.165, 1.54) is 6.20 Å². The molecular weight excluding hydrogens is 238 g/mol. The van der Waals surface area contributed by atoms with E-state index in [-0.39, 0.29) is 11.3 Å². The third-order valence-corrected chi connectivity index (χ3v) is 3.09. The lowest BCUT2D eigenvalue weighted by molar-refractivity contribution is 0.104. The van der Waals surface area contributed by atoms with Crippen LogP contribution >= 0.6 is 0 Å². The number of fused-ring (bicyclic) bond motifs is 1. The second kappa shape index (κ2) is 4.53. The van der Waals surface area contributed by atoms with Crippen molar-refractivity contribution in [3.05, 3.63) is 82.3 Å². The lowest BCUT2D eigenvalue weighted by atomic mass is 10.00. The molecule has 1 aromatic heterocycles. The van der Waals surface area contributed by atoms with Gasteiger partial charge in [-0.1, -0.05) is 48.5 Å². The molecule has 1 N–H and O–H groups in total. The Kier molecular flexibility index (Phi) is 2.72. The smallest absolute Gasteiger partial charge is 0.255 e. The van der Waals surface area contributed by atoms with E-state index < -0.39 is 0 Å². The highest BCUT2D eigenvalue weighted by molar-refractivity contribution is 6.15. The number of pyridine rings is 1. The van der Waals surface area contributed by atoms with Crippen LogP contribution in [0.1, 0.15) is 15.9 Å². The number of H-pyrrole nitrogens is 1. The van der Waals surface area contributed by atoms with E-state index in [0.717, 1.165) is 0 Å². The predicted octanol–water partition coefficient (Wildman–Crippen LogP) is 2.76. The summed E-state index contributed by atoms with van der Waals surface area (Å²) in [6.07, 6.45) is 1.49. The molecule has 92 valence electrons. The average Bonchev–Trinajstić information content (AvgIpc) is 2.48. The first-order chi connectivity index (χ1) is 9.27. The number of carbonyl (C=O) groups excluding carboxylic acids is 1. The van der Waals surface area contributed by atoms with E-state index in [2.05, 4.69) is 4.98 Å². The van der Waals surface area contributed by atoms with Crippen molar-refractivity contribution < 1.29 is 4.79 Å². The van der Waals surface area contributed by atoms with Gasteiger partial charge < -0.3 is 4.98 Å². The summed E-state index contributed by atoms with van der Waals surface area (Å²) >= 11 is 0. The van der Waals surface area contributed by atoms with E-state index in [1.807, 2.05) is 24.3 Å². The summed E-state index contributed by atoms with van der Waals surface area (Å²) in [7, 11) is 0. The molecule has 19 heavy (non-hydrogen) atoms. The topological polar surface area (TPSA) is 49.9 Å². The molecule has 0 bridgehead atoms. The number of nitrogens with one attached hydrogen (secondary N) is 1. The molecular formula is C16H11NO2. The molecule has 3 rings (SSSR count). The van der Waals surface area contributed by atoms with Crippen molar-refractivity contribution in [1.29, 1.82) is 0 Å². The maximum absolute atomic E-state index is 12.4. The molecule has 3 heteroatoms. The van der Waals surface area contributed by atoms with Gasteiger partial charge in [-0.25, -0.2) is 0 Å². The molecule has 0 aliphatic carbocycles. The molecule has 0 atom stereocenters. The van der Waals surface area contributed by atoms with E-state index in [4.69, 9.17) is 0 Å². The first kappa shape index (κ1) is 11.4. The Labute approximate surface area is 109 Å². The van der Waals surface area contributed by atoms with Gasteiger partial charge in [0.1, 0.15) is 0 Å². The fourth-order valence-corrected chi connectivity index (χ4v) is 2.14. The predicted molar refractivity (Wildman–Crippen MR) is 74.4 cm³/mol. The summed E-state index contributed by atoms with van der Waals surface area (Å²) < 4.78 is 0. The molecule has 0 amide bonds. The SMILES string of the molecule is O=C(c1ccccc1)c1c[nH]c(=O)c2ccccc12. The monoisotopic (exact) mass is 249 g/mol. The molecule has 0 saturated carbocycles. The second-order valence-corrected chi connectivity index (χ2v) is 4.27. The van der Waals surface area contributed by atoms with Crippen molar-refractivity contribution in [2.45, 2.75) is 0 Å². The van der Waals surface area contributed by atoms with Crippen LogP contribution in [0.3, 0.4) is 0 Å². The number of aromatic amines is 1. The maximum Gasteiger partial charge on any atom is 0.255 e. The van der Waals surface area contributed by atoms with Crippen LogP contribution in [-0.4, -0.2) is 10.8 Å². The summed E-state index contributed by atoms with van der Waals surface area (Å²) in [6.45, 7) is 0. The number of carbonyl (C=O) groups is 1. The highest BCUT2D eigenvalue weighted by Crippen LogP contribution is 2.17. The molecule has 1 heterocycles. The molecule has 0 unspecified atom stereocenters. The fraction of sp³-hybridized carbons (Fsp3) is 0. The van der Waals surface area contributed by atoms with Crippen molar-refractivity contribution in [2.24, 2.45) is 0 Å². The molecule has 0 aliphatic heterocycles. The molecule has 0 spiro atoms. The van der Waals surface area contributed by atoms with Crippen molar-refractivity contribution in [3.63, 3.8) is 0 Å². The quantitative estimate of drug-likeness (QED) is 0.710. The number of hydrogen-bond donors (Lipinski definition) is 1. The highest BCUT2D eigenvalue weighted by atomic mass is 16.1. The summed E-state index contributed by atoms with van der Waals surface area (Å²) in [5.41, 5.74) is 0.946. The van der Waals surface area contributed by atoms with Crippen LogP contribution in [0.4, 0.5) is 0 Å². The Morgan fingerprint density at radius 2 is 1.47 bits per heavy atom. The number of aromatic nitrogens is 1. The lowest BCUT2D eigenvalue weighted by Crippen LogP contribution is -2.10. The zero-order chi connectivity index (χ0) is 13.2. The van der Waals surface area contributed by atoms with E-state index in [0.29, 0.717) is 21.9 Å². The normalized spacial score (nSPS) is 10.5. The van der Waals surface area contributed by atoms with Gasteiger partial charge in [-0.3, -0.25) is 9.59 Å². The molecule has 3 nitrogen and oxygen atoms in total. The zero-order valence-corrected chi connectivity index (χ0v) is 10.1. The first-order valence-electron chi connectivity index (χ1n) is 5.97. The summed E-state index contributed by atoms with van der Waals surface area (Å²) in [5, 5.41) is 1.21. The van der Waals surface area contributed by atoms with Gasteiger partial charge in [0.25, 0.3) is 5.56 Å². The summed E-state index contributed by atoms with van der Waals surface area (Å²) in [6, 6.07) is 16.2. The van der Waals surface area contributed by atoms with Gasteiger partial charge >= 0.3 is 0 Å². The van der Waals surface area contributed by atoms with Crippen LogP contribution in [0.25, 0.3) is 10.8 Å². The van der Waals surface area contributed by atoms with Gasteiger partial charge in [0.15, 0.2) is 5.78 Å². The van der Waals surface area contributed by atoms with Crippen molar-refractivity contribution >= 4 is 16.6 Å². The van der Waals surface area contributed by atoms with Gasteiger partial charge in [0.2, 0.25) is 0 Å². The first-order valence-corrected chi connectivity index (χ1v) is 5.97. The van der Waals surface area contributed by atoms with Gasteiger partial charge in [-0.05, 0) is 11.5 Å². The summed E-state index contributed by atoms with van der Waals surface area (Å²) in [4.78, 5) is 26.8. The number of rotatable bonds is 2. The van der Waals surface area contributed by atoms with Crippen LogP contribution in [0.2, 0.25) is 0 Å². The number of benzene rings is 2. The van der Waals surface area contributed by atoms with E-state index in [1.54, 1.807) is 30.3 Å². The third-order valence-electron chi connectivity index (χ3n) is 3.09. The number of hydrogen-bond acceptors (Lipinski definition) is 2. The van der Waals surface area contributed by atoms with E-state index in [9.17, 15) is 9.59 Å². The van der Waals surface area contributed by atoms with Crippen LogP contribution in [-0.2, 0) is 0 Å². The van der Waals surface area contributed by atoms with Crippen LogP contribution in [0.5, 0.6) is 0 Å². The average molecular weight is 249 g/mol. The Bertz CT molecular complexity index is 804. The minimum Gasteiger partial charge on any atom is -0.328 e. The highest BCUT2D eigenvalue weighted by Gasteiger charge is 2.13. The van der Waals surface area contributed by atoms with Gasteiger partial charge in [-0.15, -0.1) is 0 Å². The van der Waals surface area contributed by atoms with E-state index >= 15 is 0 Å². The van der Waals surface area contributed by atoms with Crippen LogP contribution in [0, 0.1) is 0 Å². The van der Waals surface area contributed by atoms with Gasteiger partial charge in [0.05, 0.1) is 0 Å². The minimum absolute atomic E-state index is 0.0898. The Balaban J connectivity index is 2.25. The van der Waals surface area contributed by atoms with Crippen LogP contribution in [0.15, 0.2) is 65.6 Å². The molecule has 3 aromatic rings. The Morgan fingerprint density at radius 3 is 2.21 bits per heavy atom. The van der Waals surface area contributed by atoms with Gasteiger partial charge in [-0.2, -0.15) is 0 Å². The zero-order valence-electron chi connectivity index (χ0n) is 10.1. The Hall–Kier alpha value is -2.68. The number of ketones is 1. The molecule has 0 radical (unpaired) electrons. The van der Waals surface area contributed by atoms with Crippen molar-refractivity contribution in [2.75, 3.05) is 0 Å². The largest absolute Gasteiger partial charge is 0.328 e. The molecule has 0 saturated heterocycles. The standard InChI is InChI=1S/C16H11NO2/c18-15(11-6-2-1-3-7-11)14-10-17-16(19)13-9-5-4-8-12(13)14/h1-10H,(H,17,19). The van der Waals surface area contributed by atoms with Crippen molar-refractivity contribution in [3.8, 4) is 0 Å². The van der Waals surface area contributed by atoms with Crippen LogP contribution < -0.4 is 5.56 Å². The Morgan fingerprint density at radius 1 is 0.842 bits per heavy atom. The third kappa shape index (κ3) is 1.95. The maximum atomic E-state index is 12.4. The van der Waals surface area contributed by atoms with Crippen molar-refractivity contribution in [1.82, 2.24) is 4.98 Å². The molecule has 2 aromatic carbocycles. The molecule has 0 aliphatic rings. The fourth-order valence-electron chi connectivity index (χ4n) is 2.14. The minimum atomic E-state index is -0.180. The second-order valence-electron chi connectivity index (χ2n) is 4.27.